The van der Waals surface area contributed by atoms with Crippen molar-refractivity contribution in [3.63, 3.8) is 0 Å². The first kappa shape index (κ1) is 27.7. The number of hydrogen-bond donors (Lipinski definition) is 1. The fraction of sp³-hybridized carbons (Fsp3) is 0.200. The third kappa shape index (κ3) is 5.29. The quantitative estimate of drug-likeness (QED) is 0.199. The van der Waals surface area contributed by atoms with Crippen molar-refractivity contribution in [1.29, 1.82) is 0 Å². The summed E-state index contributed by atoms with van der Waals surface area (Å²) in [5.74, 6) is 0.972. The number of alkyl halides is 3. The van der Waals surface area contributed by atoms with Crippen molar-refractivity contribution in [1.82, 2.24) is 30.0 Å². The third-order valence-electron chi connectivity index (χ3n) is 6.71. The molecule has 0 fully saturated rings. The van der Waals surface area contributed by atoms with Gasteiger partial charge in [0, 0.05) is 27.3 Å². The van der Waals surface area contributed by atoms with E-state index in [0.717, 1.165) is 17.1 Å². The summed E-state index contributed by atoms with van der Waals surface area (Å²) < 4.78 is 50.1. The number of nitrogens with zero attached hydrogens (tertiary/aromatic N) is 6. The average Bonchev–Trinajstić information content (AvgIpc) is 3.69. The van der Waals surface area contributed by atoms with E-state index in [1.807, 2.05) is 87.6 Å². The summed E-state index contributed by atoms with van der Waals surface area (Å²) in [6.07, 6.45) is -2.64. The van der Waals surface area contributed by atoms with E-state index in [9.17, 15) is 13.2 Å². The van der Waals surface area contributed by atoms with E-state index in [1.165, 1.54) is 12.1 Å². The molecule has 1 N–H and O–H groups in total. The molecular formula is C30H25BrF3N7O. The van der Waals surface area contributed by atoms with Crippen molar-refractivity contribution < 1.29 is 17.6 Å². The van der Waals surface area contributed by atoms with Crippen molar-refractivity contribution in [3.8, 4) is 17.1 Å². The van der Waals surface area contributed by atoms with Gasteiger partial charge in [0.1, 0.15) is 17.3 Å². The minimum Gasteiger partial charge on any atom is -0.454 e. The van der Waals surface area contributed by atoms with Crippen molar-refractivity contribution in [2.75, 3.05) is 5.32 Å². The summed E-state index contributed by atoms with van der Waals surface area (Å²) in [6, 6.07) is 22.2. The van der Waals surface area contributed by atoms with Gasteiger partial charge in [-0.2, -0.15) is 18.3 Å². The van der Waals surface area contributed by atoms with Gasteiger partial charge in [0.25, 0.3) is 0 Å². The molecule has 3 aromatic heterocycles. The Balaban J connectivity index is 1.56. The molecule has 0 radical (unpaired) electrons. The molecule has 0 bridgehead atoms. The van der Waals surface area contributed by atoms with Crippen LogP contribution in [0.15, 0.2) is 93.9 Å². The number of para-hydroxylation sites is 2. The van der Waals surface area contributed by atoms with E-state index < -0.39 is 23.3 Å². The van der Waals surface area contributed by atoms with E-state index in [2.05, 4.69) is 36.8 Å². The van der Waals surface area contributed by atoms with Crippen molar-refractivity contribution >= 4 is 32.6 Å². The smallest absolute Gasteiger partial charge is 0.417 e. The molecule has 0 aliphatic heterocycles. The number of anilines is 1. The van der Waals surface area contributed by atoms with Crippen LogP contribution in [0.1, 0.15) is 43.8 Å². The molecule has 1 atom stereocenters. The fourth-order valence-corrected chi connectivity index (χ4v) is 5.34. The highest BCUT2D eigenvalue weighted by Gasteiger charge is 2.34. The molecule has 8 nitrogen and oxygen atoms in total. The largest absolute Gasteiger partial charge is 0.454 e. The number of tetrazole rings is 1. The van der Waals surface area contributed by atoms with Crippen LogP contribution in [0.3, 0.4) is 0 Å². The number of hydrogen-bond acceptors (Lipinski definition) is 6. The molecule has 0 saturated heterocycles. The van der Waals surface area contributed by atoms with E-state index in [4.69, 9.17) is 9.52 Å². The number of aromatic nitrogens is 6. The molecule has 42 heavy (non-hydrogen) atoms. The van der Waals surface area contributed by atoms with Crippen LogP contribution in [0.4, 0.5) is 18.9 Å². The summed E-state index contributed by atoms with van der Waals surface area (Å²) >= 11 is 3.09. The van der Waals surface area contributed by atoms with Gasteiger partial charge in [-0.25, -0.2) is 9.36 Å². The minimum absolute atomic E-state index is 0.0911. The Bertz CT molecular complexity index is 1840. The first-order chi connectivity index (χ1) is 20.0. The van der Waals surface area contributed by atoms with E-state index in [-0.39, 0.29) is 4.47 Å². The highest BCUT2D eigenvalue weighted by Crippen LogP contribution is 2.39. The van der Waals surface area contributed by atoms with Crippen molar-refractivity contribution in [3.05, 3.63) is 106 Å². The van der Waals surface area contributed by atoms with Crippen LogP contribution in [-0.2, 0) is 11.7 Å². The van der Waals surface area contributed by atoms with E-state index in [0.29, 0.717) is 34.1 Å². The second-order valence-electron chi connectivity index (χ2n) is 10.8. The Morgan fingerprint density at radius 1 is 0.929 bits per heavy atom. The Labute approximate surface area is 247 Å². The normalized spacial score (nSPS) is 13.0. The van der Waals surface area contributed by atoms with Crippen LogP contribution in [-0.4, -0.2) is 30.0 Å². The summed E-state index contributed by atoms with van der Waals surface area (Å²) in [4.78, 5) is 0. The highest BCUT2D eigenvalue weighted by atomic mass is 79.9. The molecule has 214 valence electrons. The van der Waals surface area contributed by atoms with Crippen LogP contribution in [0.5, 0.6) is 0 Å². The fourth-order valence-electron chi connectivity index (χ4n) is 4.74. The van der Waals surface area contributed by atoms with Crippen LogP contribution < -0.4 is 5.32 Å². The number of benzene rings is 3. The number of furan rings is 1. The molecule has 0 amide bonds. The van der Waals surface area contributed by atoms with Gasteiger partial charge >= 0.3 is 6.18 Å². The van der Waals surface area contributed by atoms with Crippen LogP contribution >= 0.6 is 15.9 Å². The average molecular weight is 636 g/mol. The number of halogens is 4. The number of rotatable bonds is 6. The Morgan fingerprint density at radius 2 is 1.67 bits per heavy atom. The summed E-state index contributed by atoms with van der Waals surface area (Å²) in [5.41, 5.74) is 1.84. The molecule has 3 heterocycles. The lowest BCUT2D eigenvalue weighted by molar-refractivity contribution is -0.138. The predicted molar refractivity (Wildman–Crippen MR) is 156 cm³/mol. The maximum absolute atomic E-state index is 13.5. The maximum atomic E-state index is 13.5. The van der Waals surface area contributed by atoms with Crippen LogP contribution in [0, 0.1) is 0 Å². The molecule has 0 aliphatic carbocycles. The zero-order valence-corrected chi connectivity index (χ0v) is 24.3. The predicted octanol–water partition coefficient (Wildman–Crippen LogP) is 8.01. The second kappa shape index (κ2) is 10.4. The highest BCUT2D eigenvalue weighted by molar-refractivity contribution is 9.10. The molecule has 6 rings (SSSR count). The van der Waals surface area contributed by atoms with E-state index >= 15 is 0 Å². The third-order valence-corrected chi connectivity index (χ3v) is 7.36. The monoisotopic (exact) mass is 635 g/mol. The molecule has 0 spiro atoms. The molecule has 3 aromatic carbocycles. The zero-order valence-electron chi connectivity index (χ0n) is 22.8. The Hall–Kier alpha value is -4.45. The number of fused-ring (bicyclic) bond motifs is 1. The molecule has 12 heteroatoms. The summed E-state index contributed by atoms with van der Waals surface area (Å²) in [7, 11) is 0. The van der Waals surface area contributed by atoms with Gasteiger partial charge in [-0.3, -0.25) is 0 Å². The SMILES string of the molecule is CC(C)(C)n1nnnc1C(Nc1ccc(C(F)(F)F)c(Br)c1)c1cn(-c2ccccc2)nc1-c1cc2ccccc2o1. The lowest BCUT2D eigenvalue weighted by Gasteiger charge is -2.25. The number of nitrogens with one attached hydrogen (secondary N) is 1. The van der Waals surface area contributed by atoms with Crippen LogP contribution in [0.25, 0.3) is 28.1 Å². The molecule has 0 saturated carbocycles. The van der Waals surface area contributed by atoms with E-state index in [1.54, 1.807) is 9.36 Å². The molecule has 1 unspecified atom stereocenters. The summed E-state index contributed by atoms with van der Waals surface area (Å²) in [6.45, 7) is 5.89. The van der Waals surface area contributed by atoms with Crippen molar-refractivity contribution in [2.45, 2.75) is 38.5 Å². The minimum atomic E-state index is -4.50. The topological polar surface area (TPSA) is 86.6 Å². The Morgan fingerprint density at radius 3 is 2.36 bits per heavy atom. The van der Waals surface area contributed by atoms with Gasteiger partial charge in [0.2, 0.25) is 0 Å². The van der Waals surface area contributed by atoms with Gasteiger partial charge in [0.05, 0.1) is 16.8 Å². The lowest BCUT2D eigenvalue weighted by atomic mass is 10.0. The van der Waals surface area contributed by atoms with Crippen molar-refractivity contribution in [2.24, 2.45) is 0 Å². The second-order valence-corrected chi connectivity index (χ2v) is 11.6. The molecule has 0 aliphatic rings. The van der Waals surface area contributed by atoms with Gasteiger partial charge in [-0.05, 0) is 73.7 Å². The molecule has 6 aromatic rings. The summed E-state index contributed by atoms with van der Waals surface area (Å²) in [5, 5.41) is 21.8. The first-order valence-corrected chi connectivity index (χ1v) is 13.8. The lowest BCUT2D eigenvalue weighted by Crippen LogP contribution is -2.29. The Kier molecular flexibility index (Phi) is 6.88. The van der Waals surface area contributed by atoms with Gasteiger partial charge in [0.15, 0.2) is 11.6 Å². The van der Waals surface area contributed by atoms with Crippen LogP contribution in [0.2, 0.25) is 0 Å². The standard InChI is InChI=1S/C30H25BrF3N7O/c1-29(2,3)41-28(36-38-39-41)27(35-19-13-14-22(23(31)16-19)30(32,33)34)21-17-40(20-10-5-4-6-11-20)37-26(21)25-15-18-9-7-8-12-24(18)42-25/h4-17,27,35H,1-3H3. The zero-order chi connectivity index (χ0) is 29.6. The first-order valence-electron chi connectivity index (χ1n) is 13.0. The molecular weight excluding hydrogens is 611 g/mol. The van der Waals surface area contributed by atoms with Gasteiger partial charge in [-0.1, -0.05) is 52.3 Å². The van der Waals surface area contributed by atoms with Gasteiger partial charge in [-0.15, -0.1) is 5.10 Å². The maximum Gasteiger partial charge on any atom is 0.417 e. The van der Waals surface area contributed by atoms with Gasteiger partial charge < -0.3 is 9.73 Å².